The fourth-order valence-corrected chi connectivity index (χ4v) is 2.32. The predicted octanol–water partition coefficient (Wildman–Crippen LogP) is 3.48. The molecular formula is C16H36BrNO3. The van der Waals surface area contributed by atoms with Gasteiger partial charge in [-0.25, -0.2) is 0 Å². The summed E-state index contributed by atoms with van der Waals surface area (Å²) in [5, 5.41) is 29.1. The molecule has 130 valence electrons. The summed E-state index contributed by atoms with van der Waals surface area (Å²) < 4.78 is 0. The summed E-state index contributed by atoms with van der Waals surface area (Å²) >= 11 is 0. The molecule has 4 N–H and O–H groups in total. The van der Waals surface area contributed by atoms with E-state index < -0.39 is 12.5 Å². The Morgan fingerprint density at radius 2 is 1.05 bits per heavy atom. The summed E-state index contributed by atoms with van der Waals surface area (Å²) in [7, 11) is 0. The van der Waals surface area contributed by atoms with E-state index in [-0.39, 0.29) is 17.0 Å². The maximum absolute atomic E-state index is 9.09. The van der Waals surface area contributed by atoms with Gasteiger partial charge in [-0.3, -0.25) is 5.32 Å². The van der Waals surface area contributed by atoms with Gasteiger partial charge < -0.3 is 15.3 Å². The number of hydrogen-bond acceptors (Lipinski definition) is 4. The Kier molecular flexibility index (Phi) is 20.6. The molecular weight excluding hydrogens is 334 g/mol. The maximum atomic E-state index is 9.09. The van der Waals surface area contributed by atoms with Gasteiger partial charge in [-0.1, -0.05) is 77.6 Å². The summed E-state index contributed by atoms with van der Waals surface area (Å²) in [4.78, 5) is 0. The lowest BCUT2D eigenvalue weighted by Gasteiger charge is -2.13. The van der Waals surface area contributed by atoms with Crippen LogP contribution in [0.5, 0.6) is 0 Å². The van der Waals surface area contributed by atoms with E-state index in [2.05, 4.69) is 12.2 Å². The van der Waals surface area contributed by atoms with E-state index in [9.17, 15) is 0 Å². The molecule has 4 nitrogen and oxygen atoms in total. The third-order valence-corrected chi connectivity index (χ3v) is 3.67. The highest BCUT2D eigenvalue weighted by molar-refractivity contribution is 8.93. The van der Waals surface area contributed by atoms with Crippen LogP contribution in [0.1, 0.15) is 84.0 Å². The Balaban J connectivity index is 0. The molecule has 0 amide bonds. The fourth-order valence-electron chi connectivity index (χ4n) is 2.32. The Morgan fingerprint density at radius 1 is 0.667 bits per heavy atom. The monoisotopic (exact) mass is 369 g/mol. The number of hydrogen-bond donors (Lipinski definition) is 4. The third kappa shape index (κ3) is 18.3. The van der Waals surface area contributed by atoms with E-state index in [0.717, 1.165) is 12.8 Å². The lowest BCUT2D eigenvalue weighted by Crippen LogP contribution is -2.39. The van der Waals surface area contributed by atoms with Crippen molar-refractivity contribution in [1.29, 1.82) is 0 Å². The molecule has 0 aromatic heterocycles. The van der Waals surface area contributed by atoms with Gasteiger partial charge in [0.2, 0.25) is 0 Å². The largest absolute Gasteiger partial charge is 0.373 e. The molecule has 0 aromatic carbocycles. The zero-order chi connectivity index (χ0) is 15.1. The van der Waals surface area contributed by atoms with Crippen LogP contribution < -0.4 is 5.32 Å². The quantitative estimate of drug-likeness (QED) is 0.263. The van der Waals surface area contributed by atoms with E-state index in [0.29, 0.717) is 6.54 Å². The number of nitrogens with one attached hydrogen (secondary N) is 1. The van der Waals surface area contributed by atoms with Crippen molar-refractivity contribution in [1.82, 2.24) is 5.32 Å². The van der Waals surface area contributed by atoms with Crippen LogP contribution in [-0.4, -0.2) is 34.4 Å². The van der Waals surface area contributed by atoms with Gasteiger partial charge in [0.05, 0.1) is 0 Å². The van der Waals surface area contributed by atoms with Crippen molar-refractivity contribution >= 4 is 17.0 Å². The van der Waals surface area contributed by atoms with Crippen molar-refractivity contribution in [3.05, 3.63) is 0 Å². The van der Waals surface area contributed by atoms with E-state index in [4.69, 9.17) is 15.3 Å². The second-order valence-electron chi connectivity index (χ2n) is 5.70. The minimum atomic E-state index is -1.69. The molecule has 0 saturated heterocycles. The minimum absolute atomic E-state index is 0. The van der Waals surface area contributed by atoms with Crippen LogP contribution in [0.3, 0.4) is 0 Å². The van der Waals surface area contributed by atoms with Crippen molar-refractivity contribution in [3.8, 4) is 0 Å². The van der Waals surface area contributed by atoms with Gasteiger partial charge in [0, 0.05) is 0 Å². The third-order valence-electron chi connectivity index (χ3n) is 3.67. The van der Waals surface area contributed by atoms with Gasteiger partial charge in [0.1, 0.15) is 0 Å². The summed E-state index contributed by atoms with van der Waals surface area (Å²) in [5.41, 5.74) is 0. The van der Waals surface area contributed by atoms with E-state index in [1.807, 2.05) is 0 Å². The number of halogens is 1. The van der Waals surface area contributed by atoms with Gasteiger partial charge >= 0.3 is 0 Å². The molecule has 0 radical (unpaired) electrons. The van der Waals surface area contributed by atoms with Crippen molar-refractivity contribution in [2.75, 3.05) is 6.54 Å². The summed E-state index contributed by atoms with van der Waals surface area (Å²) in [5.74, 6) is 0. The Hall–Kier alpha value is 0.320. The first kappa shape index (κ1) is 23.6. The van der Waals surface area contributed by atoms with Crippen LogP contribution in [0.2, 0.25) is 0 Å². The lowest BCUT2D eigenvalue weighted by molar-refractivity contribution is -0.132. The smallest absolute Gasteiger partial charge is 0.192 e. The highest BCUT2D eigenvalue weighted by atomic mass is 79.9. The first-order valence-electron chi connectivity index (χ1n) is 8.46. The molecule has 0 fully saturated rings. The Bertz CT molecular complexity index is 194. The van der Waals surface area contributed by atoms with Crippen molar-refractivity contribution in [2.24, 2.45) is 0 Å². The second kappa shape index (κ2) is 18.4. The Labute approximate surface area is 141 Å². The maximum Gasteiger partial charge on any atom is 0.192 e. The van der Waals surface area contributed by atoms with Gasteiger partial charge in [-0.05, 0) is 13.0 Å². The molecule has 1 atom stereocenters. The van der Waals surface area contributed by atoms with E-state index >= 15 is 0 Å². The topological polar surface area (TPSA) is 72.7 Å². The zero-order valence-corrected chi connectivity index (χ0v) is 15.3. The first-order valence-corrected chi connectivity index (χ1v) is 8.46. The number of aliphatic hydroxyl groups excluding tert-OH is 2. The molecule has 0 aliphatic rings. The summed E-state index contributed by atoms with van der Waals surface area (Å²) in [6.45, 7) is 2.89. The molecule has 5 heteroatoms. The van der Waals surface area contributed by atoms with Gasteiger partial charge in [0.15, 0.2) is 12.5 Å². The molecule has 21 heavy (non-hydrogen) atoms. The normalized spacial score (nSPS) is 12.4. The molecule has 0 saturated carbocycles. The van der Waals surface area contributed by atoms with E-state index in [1.165, 1.54) is 64.2 Å². The predicted molar refractivity (Wildman–Crippen MR) is 93.6 cm³/mol. The molecule has 0 aromatic rings. The zero-order valence-electron chi connectivity index (χ0n) is 13.6. The van der Waals surface area contributed by atoms with Crippen LogP contribution in [0.25, 0.3) is 0 Å². The molecule has 0 bridgehead atoms. The minimum Gasteiger partial charge on any atom is -0.373 e. The number of aliphatic hydroxyl groups is 3. The average Bonchev–Trinajstić information content (AvgIpc) is 2.43. The standard InChI is InChI=1S/C16H35NO3.BrH/c1-2-3-4-5-6-7-8-9-10-11-12-13-14-17-15(18)16(19)20;/h15-20H,2-14H2,1H3;1H. The Morgan fingerprint density at radius 3 is 1.43 bits per heavy atom. The van der Waals surface area contributed by atoms with Crippen LogP contribution >= 0.6 is 17.0 Å². The highest BCUT2D eigenvalue weighted by Crippen LogP contribution is 2.11. The van der Waals surface area contributed by atoms with Gasteiger partial charge in [-0.15, -0.1) is 17.0 Å². The number of unbranched alkanes of at least 4 members (excludes halogenated alkanes) is 11. The lowest BCUT2D eigenvalue weighted by atomic mass is 10.1. The highest BCUT2D eigenvalue weighted by Gasteiger charge is 2.09. The molecule has 0 rings (SSSR count). The molecule has 1 unspecified atom stereocenters. The van der Waals surface area contributed by atoms with Crippen LogP contribution in [-0.2, 0) is 0 Å². The van der Waals surface area contributed by atoms with E-state index in [1.54, 1.807) is 0 Å². The van der Waals surface area contributed by atoms with Crippen molar-refractivity contribution in [2.45, 2.75) is 96.5 Å². The van der Waals surface area contributed by atoms with Crippen molar-refractivity contribution < 1.29 is 15.3 Å². The first-order chi connectivity index (χ1) is 9.68. The van der Waals surface area contributed by atoms with Crippen molar-refractivity contribution in [3.63, 3.8) is 0 Å². The second-order valence-corrected chi connectivity index (χ2v) is 5.70. The summed E-state index contributed by atoms with van der Waals surface area (Å²) in [6.07, 6.45) is 12.7. The molecule has 0 heterocycles. The molecule has 0 aliphatic heterocycles. The molecule has 0 aliphatic carbocycles. The SMILES string of the molecule is Br.CCCCCCCCCCCCCCNC(O)C(O)O. The van der Waals surface area contributed by atoms with Gasteiger partial charge in [-0.2, -0.15) is 0 Å². The fraction of sp³-hybridized carbons (Fsp3) is 1.00. The molecule has 0 spiro atoms. The van der Waals surface area contributed by atoms with Crippen LogP contribution in [0.4, 0.5) is 0 Å². The van der Waals surface area contributed by atoms with Crippen LogP contribution in [0, 0.1) is 0 Å². The summed E-state index contributed by atoms with van der Waals surface area (Å²) in [6, 6.07) is 0. The van der Waals surface area contributed by atoms with Gasteiger partial charge in [0.25, 0.3) is 0 Å². The average molecular weight is 370 g/mol. The van der Waals surface area contributed by atoms with Crippen LogP contribution in [0.15, 0.2) is 0 Å². The number of rotatable bonds is 15.